The molecule has 0 aliphatic heterocycles. The number of amides is 1. The first kappa shape index (κ1) is 14.8. The van der Waals surface area contributed by atoms with E-state index in [9.17, 15) is 4.79 Å². The van der Waals surface area contributed by atoms with Crippen LogP contribution in [0, 0.1) is 0 Å². The van der Waals surface area contributed by atoms with Crippen LogP contribution in [0.2, 0.25) is 0 Å². The van der Waals surface area contributed by atoms with Crippen LogP contribution in [-0.2, 0) is 11.3 Å². The summed E-state index contributed by atoms with van der Waals surface area (Å²) in [6.45, 7) is 0.378. The predicted molar refractivity (Wildman–Crippen MR) is 73.6 cm³/mol. The third-order valence-electron chi connectivity index (χ3n) is 2.47. The molecule has 1 aromatic rings. The summed E-state index contributed by atoms with van der Waals surface area (Å²) in [5.74, 6) is 1.26. The van der Waals surface area contributed by atoms with Crippen LogP contribution < -0.4 is 15.8 Å². The zero-order chi connectivity index (χ0) is 13.4. The smallest absolute Gasteiger partial charge is 0.237 e. The second kappa shape index (κ2) is 7.94. The molecule has 0 aliphatic rings. The van der Waals surface area contributed by atoms with Gasteiger partial charge >= 0.3 is 0 Å². The molecule has 1 atom stereocenters. The normalized spacial score (nSPS) is 11.9. The van der Waals surface area contributed by atoms with Gasteiger partial charge in [0.2, 0.25) is 11.8 Å². The summed E-state index contributed by atoms with van der Waals surface area (Å²) in [6.07, 6.45) is 4.32. The Morgan fingerprint density at radius 2 is 2.44 bits per heavy atom. The van der Waals surface area contributed by atoms with E-state index in [1.807, 2.05) is 12.3 Å². The van der Waals surface area contributed by atoms with E-state index in [2.05, 4.69) is 10.3 Å². The van der Waals surface area contributed by atoms with Crippen molar-refractivity contribution < 1.29 is 9.53 Å². The van der Waals surface area contributed by atoms with Crippen LogP contribution >= 0.6 is 11.8 Å². The number of aromatic nitrogens is 1. The van der Waals surface area contributed by atoms with Gasteiger partial charge in [-0.1, -0.05) is 6.07 Å². The molecule has 1 heterocycles. The fourth-order valence-corrected chi connectivity index (χ4v) is 1.92. The summed E-state index contributed by atoms with van der Waals surface area (Å²) in [6, 6.07) is 3.21. The van der Waals surface area contributed by atoms with E-state index in [0.29, 0.717) is 18.8 Å². The minimum Gasteiger partial charge on any atom is -0.481 e. The van der Waals surface area contributed by atoms with E-state index in [1.165, 1.54) is 0 Å². The van der Waals surface area contributed by atoms with Gasteiger partial charge in [-0.2, -0.15) is 11.8 Å². The summed E-state index contributed by atoms with van der Waals surface area (Å²) < 4.78 is 5.11. The van der Waals surface area contributed by atoms with Crippen molar-refractivity contribution in [1.29, 1.82) is 0 Å². The van der Waals surface area contributed by atoms with Gasteiger partial charge in [0.25, 0.3) is 0 Å². The lowest BCUT2D eigenvalue weighted by atomic mass is 10.2. The SMILES string of the molecule is COc1ncccc1CNC(=O)[C@@H](N)CCSC. The van der Waals surface area contributed by atoms with Gasteiger partial charge in [-0.15, -0.1) is 0 Å². The van der Waals surface area contributed by atoms with Crippen molar-refractivity contribution in [3.05, 3.63) is 23.9 Å². The molecule has 0 aromatic carbocycles. The molecular formula is C12H19N3O2S. The van der Waals surface area contributed by atoms with Gasteiger partial charge in [-0.3, -0.25) is 4.79 Å². The number of nitrogens with two attached hydrogens (primary N) is 1. The minimum absolute atomic E-state index is 0.144. The molecule has 0 saturated carbocycles. The number of carbonyl (C=O) groups is 1. The zero-order valence-electron chi connectivity index (χ0n) is 10.7. The highest BCUT2D eigenvalue weighted by Gasteiger charge is 2.13. The summed E-state index contributed by atoms with van der Waals surface area (Å²) in [4.78, 5) is 15.8. The Bertz CT molecular complexity index is 387. The summed E-state index contributed by atoms with van der Waals surface area (Å²) in [5.41, 5.74) is 6.60. The monoisotopic (exact) mass is 269 g/mol. The Kier molecular flexibility index (Phi) is 6.53. The fourth-order valence-electron chi connectivity index (χ4n) is 1.43. The van der Waals surface area contributed by atoms with E-state index in [1.54, 1.807) is 31.1 Å². The first-order chi connectivity index (χ1) is 8.69. The van der Waals surface area contributed by atoms with Gasteiger partial charge in [0.05, 0.1) is 13.2 Å². The van der Waals surface area contributed by atoms with Gasteiger partial charge < -0.3 is 15.8 Å². The van der Waals surface area contributed by atoms with Crippen LogP contribution in [0.25, 0.3) is 0 Å². The summed E-state index contributed by atoms with van der Waals surface area (Å²) in [5, 5.41) is 2.79. The molecule has 3 N–H and O–H groups in total. The number of nitrogens with zero attached hydrogens (tertiary/aromatic N) is 1. The average molecular weight is 269 g/mol. The van der Waals surface area contributed by atoms with Crippen molar-refractivity contribution in [1.82, 2.24) is 10.3 Å². The van der Waals surface area contributed by atoms with Crippen molar-refractivity contribution in [3.63, 3.8) is 0 Å². The lowest BCUT2D eigenvalue weighted by Crippen LogP contribution is -2.40. The highest BCUT2D eigenvalue weighted by atomic mass is 32.2. The number of thioether (sulfide) groups is 1. The molecular weight excluding hydrogens is 250 g/mol. The second-order valence-corrected chi connectivity index (χ2v) is 4.76. The first-order valence-corrected chi connectivity index (χ1v) is 7.08. The predicted octanol–water partition coefficient (Wildman–Crippen LogP) is 0.787. The third kappa shape index (κ3) is 4.54. The molecule has 0 radical (unpaired) electrons. The molecule has 5 nitrogen and oxygen atoms in total. The molecule has 0 bridgehead atoms. The number of hydrogen-bond acceptors (Lipinski definition) is 5. The van der Waals surface area contributed by atoms with Crippen molar-refractivity contribution in [2.45, 2.75) is 19.0 Å². The summed E-state index contributed by atoms with van der Waals surface area (Å²) in [7, 11) is 1.55. The van der Waals surface area contributed by atoms with E-state index in [4.69, 9.17) is 10.5 Å². The minimum atomic E-state index is -0.458. The molecule has 0 aliphatic carbocycles. The molecule has 1 amide bonds. The first-order valence-electron chi connectivity index (χ1n) is 5.69. The molecule has 100 valence electrons. The lowest BCUT2D eigenvalue weighted by molar-refractivity contribution is -0.122. The third-order valence-corrected chi connectivity index (χ3v) is 3.11. The van der Waals surface area contributed by atoms with E-state index in [-0.39, 0.29) is 5.91 Å². The van der Waals surface area contributed by atoms with Gasteiger partial charge in [-0.25, -0.2) is 4.98 Å². The van der Waals surface area contributed by atoms with Crippen molar-refractivity contribution in [3.8, 4) is 5.88 Å². The molecule has 0 unspecified atom stereocenters. The van der Waals surface area contributed by atoms with Crippen molar-refractivity contribution in [2.24, 2.45) is 5.73 Å². The van der Waals surface area contributed by atoms with E-state index in [0.717, 1.165) is 11.3 Å². The van der Waals surface area contributed by atoms with Gasteiger partial charge in [0, 0.05) is 18.3 Å². The molecule has 6 heteroatoms. The largest absolute Gasteiger partial charge is 0.481 e. The van der Waals surface area contributed by atoms with Crippen LogP contribution in [-0.4, -0.2) is 36.1 Å². The highest BCUT2D eigenvalue weighted by Crippen LogP contribution is 2.12. The standard InChI is InChI=1S/C12H19N3O2S/c1-17-12-9(4-3-6-14-12)8-15-11(16)10(13)5-7-18-2/h3-4,6,10H,5,7-8,13H2,1-2H3,(H,15,16)/t10-/m0/s1. The van der Waals surface area contributed by atoms with Crippen molar-refractivity contribution in [2.75, 3.05) is 19.1 Å². The van der Waals surface area contributed by atoms with Gasteiger partial charge in [-0.05, 0) is 24.5 Å². The zero-order valence-corrected chi connectivity index (χ0v) is 11.5. The van der Waals surface area contributed by atoms with Gasteiger partial charge in [0.15, 0.2) is 0 Å². The van der Waals surface area contributed by atoms with Crippen LogP contribution in [0.15, 0.2) is 18.3 Å². The van der Waals surface area contributed by atoms with E-state index >= 15 is 0 Å². The highest BCUT2D eigenvalue weighted by molar-refractivity contribution is 7.98. The molecule has 0 saturated heterocycles. The number of rotatable bonds is 7. The van der Waals surface area contributed by atoms with Crippen LogP contribution in [0.3, 0.4) is 0 Å². The Labute approximate surface area is 111 Å². The molecule has 18 heavy (non-hydrogen) atoms. The fraction of sp³-hybridized carbons (Fsp3) is 0.500. The molecule has 1 rings (SSSR count). The topological polar surface area (TPSA) is 77.2 Å². The number of carbonyl (C=O) groups excluding carboxylic acids is 1. The second-order valence-electron chi connectivity index (χ2n) is 3.78. The number of hydrogen-bond donors (Lipinski definition) is 2. The number of pyridine rings is 1. The van der Waals surface area contributed by atoms with E-state index < -0.39 is 6.04 Å². The number of ether oxygens (including phenoxy) is 1. The van der Waals surface area contributed by atoms with Crippen LogP contribution in [0.4, 0.5) is 0 Å². The molecule has 0 spiro atoms. The number of methoxy groups -OCH3 is 1. The lowest BCUT2D eigenvalue weighted by Gasteiger charge is -2.12. The Hall–Kier alpha value is -1.27. The maximum atomic E-state index is 11.7. The van der Waals surface area contributed by atoms with Crippen molar-refractivity contribution >= 4 is 17.7 Å². The van der Waals surface area contributed by atoms with Crippen LogP contribution in [0.5, 0.6) is 5.88 Å². The Balaban J connectivity index is 2.46. The average Bonchev–Trinajstić information content (AvgIpc) is 2.42. The van der Waals surface area contributed by atoms with Crippen LogP contribution in [0.1, 0.15) is 12.0 Å². The maximum absolute atomic E-state index is 11.7. The quantitative estimate of drug-likeness (QED) is 0.765. The Morgan fingerprint density at radius 3 is 3.11 bits per heavy atom. The molecule has 0 fully saturated rings. The Morgan fingerprint density at radius 1 is 1.67 bits per heavy atom. The summed E-state index contributed by atoms with van der Waals surface area (Å²) >= 11 is 1.68. The maximum Gasteiger partial charge on any atom is 0.237 e. The number of nitrogens with one attached hydrogen (secondary N) is 1. The molecule has 1 aromatic heterocycles. The van der Waals surface area contributed by atoms with Gasteiger partial charge in [0.1, 0.15) is 0 Å².